The average molecular weight is 256 g/mol. The van der Waals surface area contributed by atoms with Crippen LogP contribution in [0.4, 0.5) is 0 Å². The molecular formula is C16H20N2O. The molecule has 4 bridgehead atoms. The first kappa shape index (κ1) is 11.6. The Balaban J connectivity index is 1.86. The van der Waals surface area contributed by atoms with Gasteiger partial charge in [0.2, 0.25) is 0 Å². The molecule has 0 N–H and O–H groups in total. The Morgan fingerprint density at radius 2 is 1.84 bits per heavy atom. The van der Waals surface area contributed by atoms with E-state index in [-0.39, 0.29) is 11.3 Å². The molecule has 4 aliphatic heterocycles. The van der Waals surface area contributed by atoms with E-state index in [0.29, 0.717) is 5.78 Å². The lowest BCUT2D eigenvalue weighted by molar-refractivity contribution is -0.153. The molecular weight excluding hydrogens is 236 g/mol. The first-order valence-corrected chi connectivity index (χ1v) is 7.15. The summed E-state index contributed by atoms with van der Waals surface area (Å²) in [6.07, 6.45) is 0. The van der Waals surface area contributed by atoms with Crippen LogP contribution in [0.15, 0.2) is 18.2 Å². The molecule has 4 heterocycles. The highest BCUT2D eigenvalue weighted by Gasteiger charge is 2.56. The summed E-state index contributed by atoms with van der Waals surface area (Å²) in [5.41, 5.74) is 3.57. The van der Waals surface area contributed by atoms with Crippen molar-refractivity contribution in [1.82, 2.24) is 9.80 Å². The molecule has 0 aliphatic carbocycles. The molecule has 0 amide bonds. The fourth-order valence-corrected chi connectivity index (χ4v) is 4.49. The van der Waals surface area contributed by atoms with Gasteiger partial charge in [0.15, 0.2) is 5.78 Å². The van der Waals surface area contributed by atoms with E-state index in [1.807, 2.05) is 0 Å². The minimum Gasteiger partial charge on any atom is -0.298 e. The molecule has 2 atom stereocenters. The molecule has 2 unspecified atom stereocenters. The van der Waals surface area contributed by atoms with Gasteiger partial charge in [-0.05, 0) is 25.0 Å². The predicted octanol–water partition coefficient (Wildman–Crippen LogP) is 1.33. The van der Waals surface area contributed by atoms with Crippen molar-refractivity contribution in [2.24, 2.45) is 5.92 Å². The van der Waals surface area contributed by atoms with Crippen LogP contribution in [0.3, 0.4) is 0 Å². The Morgan fingerprint density at radius 1 is 1.16 bits per heavy atom. The number of carbonyl (C=O) groups excluding carboxylic acids is 1. The standard InChI is InChI=1S/C16H20N2O/c1-11-3-4-14(12(2)5-11)16-8-17-6-13(15(16)19)7-18(9-16)10-17/h3-5,13H,6-10H2,1-2H3. The highest BCUT2D eigenvalue weighted by atomic mass is 16.1. The van der Waals surface area contributed by atoms with Crippen molar-refractivity contribution >= 4 is 5.78 Å². The van der Waals surface area contributed by atoms with E-state index in [9.17, 15) is 4.79 Å². The maximum absolute atomic E-state index is 12.9. The van der Waals surface area contributed by atoms with E-state index >= 15 is 0 Å². The van der Waals surface area contributed by atoms with Gasteiger partial charge in [-0.15, -0.1) is 0 Å². The van der Waals surface area contributed by atoms with Crippen LogP contribution in [-0.4, -0.2) is 48.4 Å². The molecule has 0 aromatic heterocycles. The topological polar surface area (TPSA) is 23.6 Å². The number of aryl methyl sites for hydroxylation is 2. The Labute approximate surface area is 114 Å². The zero-order chi connectivity index (χ0) is 13.2. The summed E-state index contributed by atoms with van der Waals surface area (Å²) in [7, 11) is 0. The van der Waals surface area contributed by atoms with Gasteiger partial charge in [-0.3, -0.25) is 14.6 Å². The second-order valence-electron chi connectivity index (χ2n) is 6.63. The number of Topliss-reactive ketones (excluding diaryl/α,β-unsaturated/α-hetero) is 1. The maximum atomic E-state index is 12.9. The van der Waals surface area contributed by atoms with Gasteiger partial charge in [0.05, 0.1) is 12.1 Å². The van der Waals surface area contributed by atoms with Crippen molar-refractivity contribution in [3.05, 3.63) is 34.9 Å². The minimum atomic E-state index is -0.253. The Bertz CT molecular complexity index is 552. The molecule has 0 saturated carbocycles. The largest absolute Gasteiger partial charge is 0.298 e. The molecule has 4 fully saturated rings. The SMILES string of the molecule is Cc1ccc(C23CN4CC(CN(C4)C2)C3=O)c(C)c1. The van der Waals surface area contributed by atoms with Crippen molar-refractivity contribution in [2.75, 3.05) is 32.8 Å². The summed E-state index contributed by atoms with van der Waals surface area (Å²) >= 11 is 0. The van der Waals surface area contributed by atoms with E-state index in [4.69, 9.17) is 0 Å². The molecule has 1 aromatic rings. The first-order valence-electron chi connectivity index (χ1n) is 7.15. The zero-order valence-corrected chi connectivity index (χ0v) is 11.6. The number of nitrogens with zero attached hydrogens (tertiary/aromatic N) is 2. The molecule has 5 rings (SSSR count). The second kappa shape index (κ2) is 3.68. The number of carbonyl (C=O) groups is 1. The summed E-state index contributed by atoms with van der Waals surface area (Å²) in [4.78, 5) is 17.8. The average Bonchev–Trinajstić information content (AvgIpc) is 2.34. The quantitative estimate of drug-likeness (QED) is 0.757. The van der Waals surface area contributed by atoms with Gasteiger partial charge in [0.1, 0.15) is 0 Å². The molecule has 19 heavy (non-hydrogen) atoms. The van der Waals surface area contributed by atoms with Crippen molar-refractivity contribution in [3.8, 4) is 0 Å². The number of benzene rings is 1. The van der Waals surface area contributed by atoms with Gasteiger partial charge in [-0.2, -0.15) is 0 Å². The lowest BCUT2D eigenvalue weighted by atomic mass is 9.64. The number of hydrogen-bond acceptors (Lipinski definition) is 3. The van der Waals surface area contributed by atoms with Crippen molar-refractivity contribution < 1.29 is 4.79 Å². The van der Waals surface area contributed by atoms with Crippen molar-refractivity contribution in [3.63, 3.8) is 0 Å². The van der Waals surface area contributed by atoms with E-state index in [2.05, 4.69) is 41.8 Å². The van der Waals surface area contributed by atoms with Crippen LogP contribution in [0.5, 0.6) is 0 Å². The summed E-state index contributed by atoms with van der Waals surface area (Å²) in [5.74, 6) is 0.726. The third-order valence-corrected chi connectivity index (χ3v) is 5.08. The normalized spacial score (nSPS) is 39.9. The highest BCUT2D eigenvalue weighted by molar-refractivity contribution is 5.95. The van der Waals surface area contributed by atoms with E-state index < -0.39 is 0 Å². The van der Waals surface area contributed by atoms with Gasteiger partial charge in [0.25, 0.3) is 0 Å². The van der Waals surface area contributed by atoms with Crippen LogP contribution >= 0.6 is 0 Å². The number of piperidine rings is 2. The third-order valence-electron chi connectivity index (χ3n) is 5.08. The minimum absolute atomic E-state index is 0.233. The molecule has 0 radical (unpaired) electrons. The summed E-state index contributed by atoms with van der Waals surface area (Å²) in [6.45, 7) is 9.11. The van der Waals surface area contributed by atoms with Crippen LogP contribution in [0, 0.1) is 19.8 Å². The highest BCUT2D eigenvalue weighted by Crippen LogP contribution is 2.43. The van der Waals surface area contributed by atoms with Crippen molar-refractivity contribution in [1.29, 1.82) is 0 Å². The Morgan fingerprint density at radius 3 is 2.47 bits per heavy atom. The van der Waals surface area contributed by atoms with E-state index in [1.54, 1.807) is 0 Å². The molecule has 4 aliphatic rings. The molecule has 3 heteroatoms. The molecule has 3 nitrogen and oxygen atoms in total. The summed E-state index contributed by atoms with van der Waals surface area (Å²) < 4.78 is 0. The molecule has 4 saturated heterocycles. The van der Waals surface area contributed by atoms with Crippen LogP contribution in [0.1, 0.15) is 16.7 Å². The van der Waals surface area contributed by atoms with Gasteiger partial charge in [-0.1, -0.05) is 23.8 Å². The monoisotopic (exact) mass is 256 g/mol. The Hall–Kier alpha value is -1.19. The zero-order valence-electron chi connectivity index (χ0n) is 11.6. The molecule has 0 spiro atoms. The first-order chi connectivity index (χ1) is 9.08. The lowest BCUT2D eigenvalue weighted by Gasteiger charge is -2.58. The second-order valence-corrected chi connectivity index (χ2v) is 6.63. The van der Waals surface area contributed by atoms with Gasteiger partial charge < -0.3 is 0 Å². The van der Waals surface area contributed by atoms with Crippen LogP contribution < -0.4 is 0 Å². The van der Waals surface area contributed by atoms with E-state index in [1.165, 1.54) is 16.7 Å². The van der Waals surface area contributed by atoms with Gasteiger partial charge >= 0.3 is 0 Å². The lowest BCUT2D eigenvalue weighted by Crippen LogP contribution is -2.73. The fourth-order valence-electron chi connectivity index (χ4n) is 4.49. The fraction of sp³-hybridized carbons (Fsp3) is 0.562. The molecule has 1 aromatic carbocycles. The molecule has 100 valence electrons. The third kappa shape index (κ3) is 1.49. The van der Waals surface area contributed by atoms with Crippen LogP contribution in [0.2, 0.25) is 0 Å². The predicted molar refractivity (Wildman–Crippen MR) is 74.1 cm³/mol. The van der Waals surface area contributed by atoms with Crippen LogP contribution in [0.25, 0.3) is 0 Å². The van der Waals surface area contributed by atoms with Gasteiger partial charge in [0, 0.05) is 32.1 Å². The number of rotatable bonds is 1. The summed E-state index contributed by atoms with van der Waals surface area (Å²) in [5, 5.41) is 0. The van der Waals surface area contributed by atoms with E-state index in [0.717, 1.165) is 32.8 Å². The maximum Gasteiger partial charge on any atom is 0.151 e. The van der Waals surface area contributed by atoms with Gasteiger partial charge in [-0.25, -0.2) is 0 Å². The number of hydrogen-bond donors (Lipinski definition) is 0. The smallest absolute Gasteiger partial charge is 0.151 e. The summed E-state index contributed by atoms with van der Waals surface area (Å²) in [6, 6.07) is 6.56. The Kier molecular flexibility index (Phi) is 2.25. The van der Waals surface area contributed by atoms with Crippen molar-refractivity contribution in [2.45, 2.75) is 19.3 Å². The van der Waals surface area contributed by atoms with Crippen LogP contribution in [-0.2, 0) is 10.2 Å². The number of ketones is 1.